The van der Waals surface area contributed by atoms with Gasteiger partial charge in [-0.25, -0.2) is 4.98 Å². The quantitative estimate of drug-likeness (QED) is 0.381. The van der Waals surface area contributed by atoms with Crippen molar-refractivity contribution in [3.63, 3.8) is 0 Å². The van der Waals surface area contributed by atoms with E-state index in [0.29, 0.717) is 21.7 Å². The molecule has 0 saturated carbocycles. The van der Waals surface area contributed by atoms with Crippen LogP contribution in [-0.2, 0) is 11.3 Å². The lowest BCUT2D eigenvalue weighted by Crippen LogP contribution is -2.34. The molecule has 4 rings (SSSR count). The molecule has 2 heterocycles. The summed E-state index contributed by atoms with van der Waals surface area (Å²) in [5.41, 5.74) is 2.54. The molecule has 1 amide bonds. The predicted molar refractivity (Wildman–Crippen MR) is 123 cm³/mol. The normalized spacial score (nSPS) is 10.8. The second kappa shape index (κ2) is 9.32. The summed E-state index contributed by atoms with van der Waals surface area (Å²) in [6.45, 7) is 2.10. The van der Waals surface area contributed by atoms with Crippen molar-refractivity contribution < 1.29 is 14.3 Å². The van der Waals surface area contributed by atoms with Gasteiger partial charge in [0, 0.05) is 12.3 Å². The number of rotatable bonds is 7. The predicted octanol–water partition coefficient (Wildman–Crippen LogP) is 5.27. The molecule has 8 heteroatoms. The maximum absolute atomic E-state index is 13.2. The van der Waals surface area contributed by atoms with Gasteiger partial charge in [-0.2, -0.15) is 0 Å². The first-order valence-electron chi connectivity index (χ1n) is 9.58. The van der Waals surface area contributed by atoms with E-state index in [-0.39, 0.29) is 19.1 Å². The molecule has 2 aromatic heterocycles. The topological polar surface area (TPSA) is 64.6 Å². The average Bonchev–Trinajstić information content (AvgIpc) is 3.26. The number of carbonyl (C=O) groups is 1. The van der Waals surface area contributed by atoms with Gasteiger partial charge in [-0.1, -0.05) is 41.1 Å². The zero-order valence-corrected chi connectivity index (χ0v) is 18.6. The SMILES string of the molecule is COc1cccc(OCC(=O)N(Cc2ccccn2)c2nc3c(C)ccc(Cl)c3s2)c1. The number of carbonyl (C=O) groups excluding carboxylic acids is 1. The van der Waals surface area contributed by atoms with Gasteiger partial charge in [-0.3, -0.25) is 14.7 Å². The zero-order valence-electron chi connectivity index (χ0n) is 17.0. The van der Waals surface area contributed by atoms with Crippen LogP contribution in [-0.4, -0.2) is 29.6 Å². The van der Waals surface area contributed by atoms with E-state index in [2.05, 4.69) is 4.98 Å². The highest BCUT2D eigenvalue weighted by atomic mass is 35.5. The minimum Gasteiger partial charge on any atom is -0.497 e. The Kier molecular flexibility index (Phi) is 6.34. The summed E-state index contributed by atoms with van der Waals surface area (Å²) in [6.07, 6.45) is 1.70. The summed E-state index contributed by atoms with van der Waals surface area (Å²) in [7, 11) is 1.58. The maximum Gasteiger partial charge on any atom is 0.267 e. The Hall–Kier alpha value is -3.16. The highest BCUT2D eigenvalue weighted by molar-refractivity contribution is 7.23. The Labute approximate surface area is 189 Å². The van der Waals surface area contributed by atoms with Crippen molar-refractivity contribution in [2.45, 2.75) is 13.5 Å². The molecule has 31 heavy (non-hydrogen) atoms. The van der Waals surface area contributed by atoms with Gasteiger partial charge in [0.25, 0.3) is 5.91 Å². The summed E-state index contributed by atoms with van der Waals surface area (Å²) in [4.78, 5) is 23.8. The fourth-order valence-corrected chi connectivity index (χ4v) is 4.37. The summed E-state index contributed by atoms with van der Waals surface area (Å²) in [5, 5.41) is 1.17. The third-order valence-electron chi connectivity index (χ3n) is 4.67. The molecule has 158 valence electrons. The van der Waals surface area contributed by atoms with Crippen molar-refractivity contribution in [2.75, 3.05) is 18.6 Å². The molecule has 0 bridgehead atoms. The number of methoxy groups -OCH3 is 1. The van der Waals surface area contributed by atoms with E-state index in [9.17, 15) is 4.79 Å². The number of ether oxygens (including phenoxy) is 2. The van der Waals surface area contributed by atoms with E-state index in [4.69, 9.17) is 26.1 Å². The van der Waals surface area contributed by atoms with E-state index in [1.54, 1.807) is 30.3 Å². The van der Waals surface area contributed by atoms with Crippen molar-refractivity contribution in [1.82, 2.24) is 9.97 Å². The first-order valence-corrected chi connectivity index (χ1v) is 10.8. The number of hydrogen-bond donors (Lipinski definition) is 0. The number of hydrogen-bond acceptors (Lipinski definition) is 6. The van der Waals surface area contributed by atoms with E-state index >= 15 is 0 Å². The molecule has 0 fully saturated rings. The summed E-state index contributed by atoms with van der Waals surface area (Å²) in [6, 6.07) is 16.5. The van der Waals surface area contributed by atoms with Crippen LogP contribution in [0, 0.1) is 6.92 Å². The molecule has 0 radical (unpaired) electrons. The van der Waals surface area contributed by atoms with Crippen molar-refractivity contribution in [1.29, 1.82) is 0 Å². The molecular formula is C23H20ClN3O3S. The van der Waals surface area contributed by atoms with Gasteiger partial charge in [-0.15, -0.1) is 0 Å². The van der Waals surface area contributed by atoms with E-state index < -0.39 is 0 Å². The number of benzene rings is 2. The Balaban J connectivity index is 1.63. The van der Waals surface area contributed by atoms with Crippen LogP contribution >= 0.6 is 22.9 Å². The number of aromatic nitrogens is 2. The lowest BCUT2D eigenvalue weighted by atomic mass is 10.2. The maximum atomic E-state index is 13.2. The van der Waals surface area contributed by atoms with Gasteiger partial charge in [0.1, 0.15) is 11.5 Å². The Morgan fingerprint density at radius 2 is 1.97 bits per heavy atom. The van der Waals surface area contributed by atoms with E-state index in [1.807, 2.05) is 49.4 Å². The molecule has 0 saturated heterocycles. The molecule has 0 aliphatic rings. The summed E-state index contributed by atoms with van der Waals surface area (Å²) >= 11 is 7.75. The second-order valence-corrected chi connectivity index (χ2v) is 8.19. The highest BCUT2D eigenvalue weighted by Gasteiger charge is 2.22. The second-order valence-electron chi connectivity index (χ2n) is 6.81. The third kappa shape index (κ3) is 4.78. The smallest absolute Gasteiger partial charge is 0.267 e. The van der Waals surface area contributed by atoms with Crippen LogP contribution in [0.4, 0.5) is 5.13 Å². The van der Waals surface area contributed by atoms with Crippen LogP contribution in [0.2, 0.25) is 5.02 Å². The van der Waals surface area contributed by atoms with E-state index in [1.165, 1.54) is 11.3 Å². The minimum atomic E-state index is -0.235. The fraction of sp³-hybridized carbons (Fsp3) is 0.174. The van der Waals surface area contributed by atoms with Crippen molar-refractivity contribution >= 4 is 44.2 Å². The molecule has 0 unspecified atom stereocenters. The summed E-state index contributed by atoms with van der Waals surface area (Å²) < 4.78 is 11.8. The van der Waals surface area contributed by atoms with Crippen molar-refractivity contribution in [2.24, 2.45) is 0 Å². The lowest BCUT2D eigenvalue weighted by Gasteiger charge is -2.19. The molecule has 0 spiro atoms. The van der Waals surface area contributed by atoms with Crippen LogP contribution in [0.15, 0.2) is 60.8 Å². The first kappa shape index (κ1) is 21.1. The Morgan fingerprint density at radius 1 is 1.13 bits per heavy atom. The van der Waals surface area contributed by atoms with Gasteiger partial charge < -0.3 is 9.47 Å². The van der Waals surface area contributed by atoms with Crippen molar-refractivity contribution in [3.05, 3.63) is 77.1 Å². The van der Waals surface area contributed by atoms with Gasteiger partial charge in [-0.05, 0) is 42.8 Å². The lowest BCUT2D eigenvalue weighted by molar-refractivity contribution is -0.120. The van der Waals surface area contributed by atoms with Gasteiger partial charge in [0.15, 0.2) is 11.7 Å². The number of nitrogens with zero attached hydrogens (tertiary/aromatic N) is 3. The largest absolute Gasteiger partial charge is 0.497 e. The fourth-order valence-electron chi connectivity index (χ4n) is 3.04. The summed E-state index contributed by atoms with van der Waals surface area (Å²) in [5.74, 6) is 0.974. The third-order valence-corrected chi connectivity index (χ3v) is 6.21. The van der Waals surface area contributed by atoms with Gasteiger partial charge >= 0.3 is 0 Å². The minimum absolute atomic E-state index is 0.150. The number of thiazole rings is 1. The van der Waals surface area contributed by atoms with E-state index in [0.717, 1.165) is 21.5 Å². The molecule has 6 nitrogen and oxygen atoms in total. The van der Waals surface area contributed by atoms with Crippen LogP contribution in [0.3, 0.4) is 0 Å². The number of pyridine rings is 1. The highest BCUT2D eigenvalue weighted by Crippen LogP contribution is 2.36. The molecule has 4 aromatic rings. The van der Waals surface area contributed by atoms with Gasteiger partial charge in [0.05, 0.1) is 34.6 Å². The van der Waals surface area contributed by atoms with Crippen LogP contribution in [0.25, 0.3) is 10.2 Å². The molecule has 2 aromatic carbocycles. The molecule has 0 aliphatic carbocycles. The molecule has 0 aliphatic heterocycles. The molecule has 0 atom stereocenters. The number of anilines is 1. The van der Waals surface area contributed by atoms with Gasteiger partial charge in [0.2, 0.25) is 0 Å². The van der Waals surface area contributed by atoms with Crippen LogP contribution in [0.1, 0.15) is 11.3 Å². The standard InChI is InChI=1S/C23H20ClN3O3S/c1-15-9-10-19(24)22-21(15)26-23(31-22)27(13-16-6-3-4-11-25-16)20(28)14-30-18-8-5-7-17(12-18)29-2/h3-12H,13-14H2,1-2H3. The number of amides is 1. The van der Waals surface area contributed by atoms with Crippen molar-refractivity contribution in [3.8, 4) is 11.5 Å². The molecule has 0 N–H and O–H groups in total. The average molecular weight is 454 g/mol. The Bertz CT molecular complexity index is 1170. The number of fused-ring (bicyclic) bond motifs is 1. The molecular weight excluding hydrogens is 434 g/mol. The number of halogens is 1. The zero-order chi connectivity index (χ0) is 21.8. The number of aryl methyl sites for hydroxylation is 1. The van der Waals surface area contributed by atoms with Crippen LogP contribution < -0.4 is 14.4 Å². The first-order chi connectivity index (χ1) is 15.0. The Morgan fingerprint density at radius 3 is 2.71 bits per heavy atom. The van der Waals surface area contributed by atoms with Crippen LogP contribution in [0.5, 0.6) is 11.5 Å². The monoisotopic (exact) mass is 453 g/mol.